The third kappa shape index (κ3) is 10.4. The summed E-state index contributed by atoms with van der Waals surface area (Å²) in [6, 6.07) is 4.39. The van der Waals surface area contributed by atoms with E-state index in [0.29, 0.717) is 69.6 Å². The summed E-state index contributed by atoms with van der Waals surface area (Å²) in [5.74, 6) is 0.594. The molecule has 2 heterocycles. The number of esters is 1. The minimum atomic E-state index is -3.97. The number of nitrogens with zero attached hydrogens (tertiary/aromatic N) is 2. The van der Waals surface area contributed by atoms with Crippen molar-refractivity contribution in [3.8, 4) is 0 Å². The lowest BCUT2D eigenvalue weighted by atomic mass is 9.90. The summed E-state index contributed by atoms with van der Waals surface area (Å²) >= 11 is 0. The van der Waals surface area contributed by atoms with Crippen LogP contribution >= 0.6 is 0 Å². The third-order valence-corrected chi connectivity index (χ3v) is 9.63. The Morgan fingerprint density at radius 3 is 2.60 bits per heavy atom. The van der Waals surface area contributed by atoms with Crippen LogP contribution in [-0.2, 0) is 30.8 Å². The number of benzene rings is 1. The predicted molar refractivity (Wildman–Crippen MR) is 165 cm³/mol. The van der Waals surface area contributed by atoms with Crippen molar-refractivity contribution in [2.75, 3.05) is 38.1 Å². The van der Waals surface area contributed by atoms with Crippen LogP contribution in [0.1, 0.15) is 83.6 Å². The fraction of sp³-hybridized carbons (Fsp3) is 0.700. The van der Waals surface area contributed by atoms with Crippen molar-refractivity contribution in [2.45, 2.75) is 95.4 Å². The molecule has 11 nitrogen and oxygen atoms in total. The average molecular weight is 607 g/mol. The molecule has 0 spiro atoms. The van der Waals surface area contributed by atoms with Gasteiger partial charge in [0.1, 0.15) is 10.9 Å². The Labute approximate surface area is 251 Å². The number of ether oxygens (including phenoxy) is 1. The average Bonchev–Trinajstić information content (AvgIpc) is 2.96. The highest BCUT2D eigenvalue weighted by atomic mass is 32.2. The Morgan fingerprint density at radius 2 is 1.88 bits per heavy atom. The standard InChI is InChI=1S/C30H50N6O5S/c1-3-41-27(37)14-7-5-4-6-10-23-15-18-36(19-16-23)29(38)25(12-9-17-33-30(31)32)35-42(39,40)26-13-8-11-24-20-22(2)21-34-28(24)26/h8,11,13,22-23,25,34-35H,3-7,9-10,12,14-21H2,1-2H3,(H4,31,32,33)/t22?,25-/m0/s1. The zero-order valence-electron chi connectivity index (χ0n) is 25.3. The van der Waals surface area contributed by atoms with Gasteiger partial charge in [-0.1, -0.05) is 44.7 Å². The number of piperidine rings is 1. The van der Waals surface area contributed by atoms with E-state index >= 15 is 0 Å². The number of nitrogens with one attached hydrogen (secondary N) is 2. The number of carbonyl (C=O) groups is 2. The molecule has 1 aromatic rings. The van der Waals surface area contributed by atoms with E-state index in [0.717, 1.165) is 56.9 Å². The number of likely N-dealkylation sites (tertiary alicyclic amines) is 1. The van der Waals surface area contributed by atoms with E-state index in [9.17, 15) is 18.0 Å². The normalized spacial score (nSPS) is 18.0. The van der Waals surface area contributed by atoms with Crippen molar-refractivity contribution in [3.05, 3.63) is 23.8 Å². The van der Waals surface area contributed by atoms with Crippen molar-refractivity contribution < 1.29 is 22.7 Å². The fourth-order valence-corrected chi connectivity index (χ4v) is 7.28. The van der Waals surface area contributed by atoms with Gasteiger partial charge in [0.15, 0.2) is 5.96 Å². The summed E-state index contributed by atoms with van der Waals surface area (Å²) in [6.07, 6.45) is 8.98. The first kappa shape index (κ1) is 33.6. The Hall–Kier alpha value is -2.86. The van der Waals surface area contributed by atoms with Crippen LogP contribution in [0.5, 0.6) is 0 Å². The van der Waals surface area contributed by atoms with E-state index in [1.807, 2.05) is 13.0 Å². The number of amides is 1. The summed E-state index contributed by atoms with van der Waals surface area (Å²) in [5, 5.41) is 3.28. The van der Waals surface area contributed by atoms with Crippen LogP contribution in [0.2, 0.25) is 0 Å². The summed E-state index contributed by atoms with van der Waals surface area (Å²) in [7, 11) is -3.97. The molecule has 2 aliphatic rings. The number of hydrogen-bond acceptors (Lipinski definition) is 7. The maximum atomic E-state index is 13.7. The van der Waals surface area contributed by atoms with Gasteiger partial charge in [-0.15, -0.1) is 0 Å². The molecule has 0 bridgehead atoms. The van der Waals surface area contributed by atoms with Crippen LogP contribution in [0.15, 0.2) is 28.1 Å². The van der Waals surface area contributed by atoms with E-state index in [1.54, 1.807) is 17.0 Å². The molecule has 2 aliphatic heterocycles. The number of unbranched alkanes of at least 4 members (excludes halogenated alkanes) is 3. The quantitative estimate of drug-likeness (QED) is 0.0963. The number of hydrogen-bond donors (Lipinski definition) is 4. The number of guanidine groups is 1. The Balaban J connectivity index is 1.56. The number of para-hydroxylation sites is 1. The van der Waals surface area contributed by atoms with Crippen molar-refractivity contribution in [2.24, 2.45) is 28.3 Å². The van der Waals surface area contributed by atoms with Gasteiger partial charge in [0, 0.05) is 32.6 Å². The van der Waals surface area contributed by atoms with Crippen molar-refractivity contribution >= 4 is 33.5 Å². The molecular formula is C30H50N6O5S. The number of sulfonamides is 1. The molecule has 12 heteroatoms. The van der Waals surface area contributed by atoms with Gasteiger partial charge in [-0.3, -0.25) is 14.6 Å². The molecule has 1 fully saturated rings. The summed E-state index contributed by atoms with van der Waals surface area (Å²) in [4.78, 5) is 31.1. The number of rotatable bonds is 16. The molecule has 236 valence electrons. The monoisotopic (exact) mass is 606 g/mol. The molecule has 0 aromatic heterocycles. The SMILES string of the molecule is CCOC(=O)CCCCCCC1CCN(C(=O)[C@H](CCCN=C(N)N)NS(=O)(=O)c2cccc3c2NCC(C)C3)CC1. The molecule has 3 rings (SSSR count). The fourth-order valence-electron chi connectivity index (χ4n) is 5.83. The number of carbonyl (C=O) groups excluding carboxylic acids is 2. The molecule has 0 saturated carbocycles. The minimum Gasteiger partial charge on any atom is -0.466 e. The van der Waals surface area contributed by atoms with Gasteiger partial charge in [-0.25, -0.2) is 8.42 Å². The van der Waals surface area contributed by atoms with Gasteiger partial charge in [-0.2, -0.15) is 4.72 Å². The first-order valence-corrected chi connectivity index (χ1v) is 17.0. The number of aliphatic imine (C=N–C) groups is 1. The van der Waals surface area contributed by atoms with Crippen LogP contribution in [0.4, 0.5) is 5.69 Å². The summed E-state index contributed by atoms with van der Waals surface area (Å²) < 4.78 is 35.0. The van der Waals surface area contributed by atoms with Gasteiger partial charge in [-0.05, 0) is 68.9 Å². The second-order valence-electron chi connectivity index (χ2n) is 11.6. The molecule has 6 N–H and O–H groups in total. The second kappa shape index (κ2) is 16.7. The van der Waals surface area contributed by atoms with Crippen LogP contribution in [0.25, 0.3) is 0 Å². The first-order valence-electron chi connectivity index (χ1n) is 15.5. The highest BCUT2D eigenvalue weighted by Gasteiger charge is 2.33. The van der Waals surface area contributed by atoms with Gasteiger partial charge in [0.2, 0.25) is 15.9 Å². The molecule has 2 atom stereocenters. The maximum Gasteiger partial charge on any atom is 0.305 e. The van der Waals surface area contributed by atoms with Gasteiger partial charge in [0.05, 0.1) is 12.3 Å². The second-order valence-corrected chi connectivity index (χ2v) is 13.3. The lowest BCUT2D eigenvalue weighted by molar-refractivity contribution is -0.143. The molecule has 1 amide bonds. The van der Waals surface area contributed by atoms with Crippen LogP contribution in [0.3, 0.4) is 0 Å². The number of nitrogens with two attached hydrogens (primary N) is 2. The highest BCUT2D eigenvalue weighted by molar-refractivity contribution is 7.89. The molecule has 1 unspecified atom stereocenters. The Bertz CT molecular complexity index is 1160. The molecule has 1 saturated heterocycles. The Kier molecular flexibility index (Phi) is 13.4. The van der Waals surface area contributed by atoms with Crippen molar-refractivity contribution in [1.29, 1.82) is 0 Å². The molecule has 42 heavy (non-hydrogen) atoms. The van der Waals surface area contributed by atoms with E-state index in [2.05, 4.69) is 22.0 Å². The zero-order valence-corrected chi connectivity index (χ0v) is 26.1. The minimum absolute atomic E-state index is 0.0317. The first-order chi connectivity index (χ1) is 20.1. The van der Waals surface area contributed by atoms with Gasteiger partial charge >= 0.3 is 5.97 Å². The van der Waals surface area contributed by atoms with Crippen LogP contribution < -0.4 is 21.5 Å². The number of fused-ring (bicyclic) bond motifs is 1. The van der Waals surface area contributed by atoms with E-state index in [1.165, 1.54) is 0 Å². The topological polar surface area (TPSA) is 169 Å². The molecule has 0 radical (unpaired) electrons. The largest absolute Gasteiger partial charge is 0.466 e. The smallest absolute Gasteiger partial charge is 0.305 e. The number of anilines is 1. The zero-order chi connectivity index (χ0) is 30.5. The summed E-state index contributed by atoms with van der Waals surface area (Å²) in [6.45, 7) is 6.60. The Morgan fingerprint density at radius 1 is 1.14 bits per heavy atom. The van der Waals surface area contributed by atoms with E-state index in [4.69, 9.17) is 16.2 Å². The van der Waals surface area contributed by atoms with Gasteiger partial charge < -0.3 is 26.4 Å². The van der Waals surface area contributed by atoms with E-state index < -0.39 is 16.1 Å². The highest BCUT2D eigenvalue weighted by Crippen LogP contribution is 2.31. The molecular weight excluding hydrogens is 556 g/mol. The molecule has 1 aromatic carbocycles. The van der Waals surface area contributed by atoms with Crippen LogP contribution in [0, 0.1) is 11.8 Å². The molecule has 0 aliphatic carbocycles. The summed E-state index contributed by atoms with van der Waals surface area (Å²) in [5.41, 5.74) is 12.5. The maximum absolute atomic E-state index is 13.7. The lowest BCUT2D eigenvalue weighted by Crippen LogP contribution is -2.50. The van der Waals surface area contributed by atoms with Crippen molar-refractivity contribution in [3.63, 3.8) is 0 Å². The van der Waals surface area contributed by atoms with E-state index in [-0.39, 0.29) is 22.7 Å². The third-order valence-electron chi connectivity index (χ3n) is 8.11. The van der Waals surface area contributed by atoms with Crippen molar-refractivity contribution in [1.82, 2.24) is 9.62 Å². The van der Waals surface area contributed by atoms with Gasteiger partial charge in [0.25, 0.3) is 0 Å². The lowest BCUT2D eigenvalue weighted by Gasteiger charge is -2.34. The van der Waals surface area contributed by atoms with Crippen LogP contribution in [-0.4, -0.2) is 70.0 Å². The predicted octanol–water partition coefficient (Wildman–Crippen LogP) is 3.13.